The standard InChI is InChI=1S/C21H25ClN4O6S/c1-4-15(19(29)31-5-2)33-21-23-17-16(18(28)24-20(30)25(17)3)26(21)10-13(27)11-32-14-8-6-12(22)7-9-14/h6-9,13,15,27H,4-5,10-11H2,1-3H3,(H,24,28,30)/t13-,15+/m0/s1. The van der Waals surface area contributed by atoms with Crippen molar-refractivity contribution in [3.8, 4) is 5.75 Å². The smallest absolute Gasteiger partial charge is 0.329 e. The van der Waals surface area contributed by atoms with Crippen LogP contribution in [0.2, 0.25) is 5.02 Å². The molecule has 12 heteroatoms. The quantitative estimate of drug-likeness (QED) is 0.322. The van der Waals surface area contributed by atoms with Gasteiger partial charge in [-0.05, 0) is 37.6 Å². The number of rotatable bonds is 10. The number of H-pyrrole nitrogens is 1. The Kier molecular flexibility index (Phi) is 8.22. The lowest BCUT2D eigenvalue weighted by molar-refractivity contribution is -0.142. The van der Waals surface area contributed by atoms with Gasteiger partial charge in [0.2, 0.25) is 0 Å². The SMILES string of the molecule is CCOC(=O)[C@@H](CC)Sc1nc2c(c(=O)[nH]c(=O)n2C)n1C[C@H](O)COc1ccc(Cl)cc1. The Labute approximate surface area is 198 Å². The van der Waals surface area contributed by atoms with Crippen molar-refractivity contribution in [1.29, 1.82) is 0 Å². The summed E-state index contributed by atoms with van der Waals surface area (Å²) in [4.78, 5) is 43.7. The van der Waals surface area contributed by atoms with Crippen molar-refractivity contribution < 1.29 is 19.4 Å². The molecule has 10 nitrogen and oxygen atoms in total. The minimum atomic E-state index is -1.02. The number of aromatic amines is 1. The van der Waals surface area contributed by atoms with Gasteiger partial charge in [-0.15, -0.1) is 0 Å². The van der Waals surface area contributed by atoms with E-state index in [1.807, 2.05) is 6.92 Å². The monoisotopic (exact) mass is 496 g/mol. The van der Waals surface area contributed by atoms with Crippen LogP contribution in [0.4, 0.5) is 0 Å². The third kappa shape index (κ3) is 5.79. The van der Waals surface area contributed by atoms with E-state index in [-0.39, 0.29) is 30.9 Å². The van der Waals surface area contributed by atoms with Crippen LogP contribution in [-0.4, -0.2) is 54.7 Å². The maximum Gasteiger partial charge on any atom is 0.329 e. The van der Waals surface area contributed by atoms with Crippen LogP contribution in [0.5, 0.6) is 5.75 Å². The highest BCUT2D eigenvalue weighted by Gasteiger charge is 2.26. The van der Waals surface area contributed by atoms with Gasteiger partial charge >= 0.3 is 11.7 Å². The summed E-state index contributed by atoms with van der Waals surface area (Å²) in [5.74, 6) is 0.121. The predicted molar refractivity (Wildman–Crippen MR) is 125 cm³/mol. The minimum absolute atomic E-state index is 0.0486. The fourth-order valence-corrected chi connectivity index (χ4v) is 4.26. The van der Waals surface area contributed by atoms with E-state index in [1.54, 1.807) is 31.2 Å². The zero-order chi connectivity index (χ0) is 24.1. The number of carbonyl (C=O) groups excluding carboxylic acids is 1. The first-order chi connectivity index (χ1) is 15.7. The molecule has 0 unspecified atom stereocenters. The maximum atomic E-state index is 12.6. The number of halogens is 1. The second-order valence-electron chi connectivity index (χ2n) is 7.18. The Hall–Kier alpha value is -2.76. The molecule has 0 fully saturated rings. The number of ether oxygens (including phenoxy) is 2. The first kappa shape index (κ1) is 24.9. The number of esters is 1. The Bertz CT molecular complexity index is 1240. The molecule has 0 saturated carbocycles. The van der Waals surface area contributed by atoms with Crippen LogP contribution >= 0.6 is 23.4 Å². The van der Waals surface area contributed by atoms with E-state index < -0.39 is 28.6 Å². The van der Waals surface area contributed by atoms with E-state index in [2.05, 4.69) is 9.97 Å². The van der Waals surface area contributed by atoms with Crippen LogP contribution in [0.3, 0.4) is 0 Å². The summed E-state index contributed by atoms with van der Waals surface area (Å²) in [7, 11) is 1.48. The number of aryl methyl sites for hydroxylation is 1. The summed E-state index contributed by atoms with van der Waals surface area (Å²) < 4.78 is 13.4. The normalized spacial score (nSPS) is 13.1. The molecule has 0 bridgehead atoms. The average Bonchev–Trinajstić information content (AvgIpc) is 3.14. The summed E-state index contributed by atoms with van der Waals surface area (Å²) >= 11 is 6.98. The lowest BCUT2D eigenvalue weighted by Gasteiger charge is -2.17. The van der Waals surface area contributed by atoms with E-state index in [1.165, 1.54) is 16.2 Å². The fraction of sp³-hybridized carbons (Fsp3) is 0.429. The molecule has 1 aromatic carbocycles. The summed E-state index contributed by atoms with van der Waals surface area (Å²) in [5, 5.41) is 10.9. The van der Waals surface area contributed by atoms with Gasteiger partial charge in [0.1, 0.15) is 23.7 Å². The Morgan fingerprint density at radius 3 is 2.61 bits per heavy atom. The van der Waals surface area contributed by atoms with Crippen molar-refractivity contribution in [3.63, 3.8) is 0 Å². The van der Waals surface area contributed by atoms with Gasteiger partial charge < -0.3 is 19.1 Å². The molecule has 3 aromatic rings. The third-order valence-corrected chi connectivity index (χ3v) is 6.37. The van der Waals surface area contributed by atoms with Crippen LogP contribution in [0.1, 0.15) is 20.3 Å². The number of fused-ring (bicyclic) bond motifs is 1. The predicted octanol–water partition coefficient (Wildman–Crippen LogP) is 1.95. The Morgan fingerprint density at radius 2 is 1.97 bits per heavy atom. The molecule has 178 valence electrons. The molecule has 0 spiro atoms. The Morgan fingerprint density at radius 1 is 1.27 bits per heavy atom. The van der Waals surface area contributed by atoms with E-state index in [4.69, 9.17) is 21.1 Å². The van der Waals surface area contributed by atoms with Gasteiger partial charge in [-0.1, -0.05) is 30.3 Å². The number of benzene rings is 1. The third-order valence-electron chi connectivity index (χ3n) is 4.79. The molecule has 2 heterocycles. The summed E-state index contributed by atoms with van der Waals surface area (Å²) in [5.41, 5.74) is -0.986. The second kappa shape index (κ2) is 10.9. The largest absolute Gasteiger partial charge is 0.491 e. The molecular weight excluding hydrogens is 472 g/mol. The van der Waals surface area contributed by atoms with Crippen molar-refractivity contribution in [2.24, 2.45) is 7.05 Å². The topological polar surface area (TPSA) is 128 Å². The molecule has 2 atom stereocenters. The first-order valence-corrected chi connectivity index (χ1v) is 11.6. The molecule has 2 N–H and O–H groups in total. The van der Waals surface area contributed by atoms with Gasteiger partial charge in [0.05, 0.1) is 13.2 Å². The van der Waals surface area contributed by atoms with Crippen molar-refractivity contribution in [1.82, 2.24) is 19.1 Å². The van der Waals surface area contributed by atoms with Gasteiger partial charge in [-0.25, -0.2) is 9.78 Å². The number of thioether (sulfide) groups is 1. The maximum absolute atomic E-state index is 12.6. The molecule has 0 saturated heterocycles. The number of imidazole rings is 1. The van der Waals surface area contributed by atoms with Crippen molar-refractivity contribution >= 4 is 40.5 Å². The van der Waals surface area contributed by atoms with Gasteiger partial charge in [-0.2, -0.15) is 0 Å². The number of aliphatic hydroxyl groups is 1. The van der Waals surface area contributed by atoms with Crippen LogP contribution in [-0.2, 0) is 23.1 Å². The van der Waals surface area contributed by atoms with Crippen LogP contribution in [0.15, 0.2) is 39.0 Å². The highest BCUT2D eigenvalue weighted by atomic mass is 35.5. The molecule has 3 rings (SSSR count). The number of carbonyl (C=O) groups is 1. The summed E-state index contributed by atoms with van der Waals surface area (Å²) in [6, 6.07) is 6.69. The zero-order valence-corrected chi connectivity index (χ0v) is 20.0. The number of nitrogens with one attached hydrogen (secondary N) is 1. The van der Waals surface area contributed by atoms with Crippen LogP contribution < -0.4 is 16.0 Å². The lowest BCUT2D eigenvalue weighted by atomic mass is 10.3. The first-order valence-electron chi connectivity index (χ1n) is 10.3. The molecule has 0 aliphatic carbocycles. The second-order valence-corrected chi connectivity index (χ2v) is 8.79. The molecule has 0 aliphatic rings. The minimum Gasteiger partial charge on any atom is -0.491 e. The lowest BCUT2D eigenvalue weighted by Crippen LogP contribution is -2.31. The molecule has 0 radical (unpaired) electrons. The number of nitrogens with zero attached hydrogens (tertiary/aromatic N) is 3. The zero-order valence-electron chi connectivity index (χ0n) is 18.4. The van der Waals surface area contributed by atoms with Crippen LogP contribution in [0, 0.1) is 0 Å². The molecular formula is C21H25ClN4O6S. The molecule has 33 heavy (non-hydrogen) atoms. The fourth-order valence-electron chi connectivity index (χ4n) is 3.12. The van der Waals surface area contributed by atoms with E-state index >= 15 is 0 Å². The van der Waals surface area contributed by atoms with Gasteiger partial charge in [0, 0.05) is 12.1 Å². The molecule has 0 aliphatic heterocycles. The number of aromatic nitrogens is 4. The summed E-state index contributed by atoms with van der Waals surface area (Å²) in [6.07, 6.45) is -0.554. The van der Waals surface area contributed by atoms with Gasteiger partial charge in [0.15, 0.2) is 16.3 Å². The van der Waals surface area contributed by atoms with E-state index in [0.29, 0.717) is 22.3 Å². The molecule has 0 amide bonds. The van der Waals surface area contributed by atoms with Crippen molar-refractivity contribution in [2.75, 3.05) is 13.2 Å². The molecule has 2 aromatic heterocycles. The van der Waals surface area contributed by atoms with Crippen molar-refractivity contribution in [3.05, 3.63) is 50.1 Å². The highest BCUT2D eigenvalue weighted by molar-refractivity contribution is 8.00. The van der Waals surface area contributed by atoms with Crippen molar-refractivity contribution in [2.45, 2.75) is 43.3 Å². The van der Waals surface area contributed by atoms with E-state index in [9.17, 15) is 19.5 Å². The van der Waals surface area contributed by atoms with Gasteiger partial charge in [-0.3, -0.25) is 19.1 Å². The number of hydrogen-bond donors (Lipinski definition) is 2. The average molecular weight is 497 g/mol. The number of hydrogen-bond acceptors (Lipinski definition) is 8. The number of aliphatic hydroxyl groups excluding tert-OH is 1. The summed E-state index contributed by atoms with van der Waals surface area (Å²) in [6.45, 7) is 3.67. The Balaban J connectivity index is 1.93. The highest BCUT2D eigenvalue weighted by Crippen LogP contribution is 2.28. The van der Waals surface area contributed by atoms with Crippen LogP contribution in [0.25, 0.3) is 11.2 Å². The van der Waals surface area contributed by atoms with Gasteiger partial charge in [0.25, 0.3) is 5.56 Å². The van der Waals surface area contributed by atoms with E-state index in [0.717, 1.165) is 11.8 Å².